The van der Waals surface area contributed by atoms with Crippen LogP contribution in [0.4, 0.5) is 0 Å². The Morgan fingerprint density at radius 3 is 2.95 bits per heavy atom. The van der Waals surface area contributed by atoms with Gasteiger partial charge in [-0.2, -0.15) is 0 Å². The van der Waals surface area contributed by atoms with Crippen LogP contribution in [0, 0.1) is 0 Å². The lowest BCUT2D eigenvalue weighted by molar-refractivity contribution is 0.102. The largest absolute Gasteiger partial charge is 0.459 e. The number of Topliss-reactive ketones (excluding diaryl/α,β-unsaturated/α-hetero) is 1. The third-order valence-electron chi connectivity index (χ3n) is 2.31. The van der Waals surface area contributed by atoms with Gasteiger partial charge in [0, 0.05) is 0 Å². The van der Waals surface area contributed by atoms with E-state index in [1.165, 1.54) is 29.4 Å². The Balaban J connectivity index is 1.63. The van der Waals surface area contributed by atoms with Gasteiger partial charge >= 0.3 is 0 Å². The molecule has 0 fully saturated rings. The van der Waals surface area contributed by atoms with Crippen LogP contribution in [-0.2, 0) is 0 Å². The molecular weight excluding hydrogens is 320 g/mol. The minimum absolute atomic E-state index is 0.0235. The smallest absolute Gasteiger partial charge is 0.284 e. The van der Waals surface area contributed by atoms with Crippen molar-refractivity contribution in [2.45, 2.75) is 5.22 Å². The van der Waals surface area contributed by atoms with E-state index in [-0.39, 0.29) is 11.5 Å². The third kappa shape index (κ3) is 2.95. The van der Waals surface area contributed by atoms with E-state index in [1.807, 2.05) is 0 Å². The number of ketones is 1. The Morgan fingerprint density at radius 2 is 2.25 bits per heavy atom. The van der Waals surface area contributed by atoms with Gasteiger partial charge in [-0.25, -0.2) is 0 Å². The predicted octanol–water partition coefficient (Wildman–Crippen LogP) is 4.02. The molecule has 102 valence electrons. The molecule has 20 heavy (non-hydrogen) atoms. The summed E-state index contributed by atoms with van der Waals surface area (Å²) in [6, 6.07) is 6.86. The second-order valence-electron chi connectivity index (χ2n) is 3.67. The standard InChI is InChI=1S/C12H7ClN2O3S2/c13-10-4-3-9(20-10)7(16)6-19-12-15-14-11(18-12)8-2-1-5-17-8/h1-5H,6H2. The second kappa shape index (κ2) is 5.82. The molecule has 0 radical (unpaired) electrons. The van der Waals surface area contributed by atoms with E-state index in [4.69, 9.17) is 20.4 Å². The summed E-state index contributed by atoms with van der Waals surface area (Å²) >= 11 is 8.23. The molecule has 0 saturated carbocycles. The molecule has 0 atom stereocenters. The molecule has 0 spiro atoms. The van der Waals surface area contributed by atoms with Crippen LogP contribution in [0.1, 0.15) is 9.67 Å². The zero-order valence-electron chi connectivity index (χ0n) is 9.91. The Morgan fingerprint density at radius 1 is 1.35 bits per heavy atom. The maximum Gasteiger partial charge on any atom is 0.284 e. The summed E-state index contributed by atoms with van der Waals surface area (Å²) in [6.07, 6.45) is 1.52. The highest BCUT2D eigenvalue weighted by Crippen LogP contribution is 2.26. The van der Waals surface area contributed by atoms with Gasteiger partial charge in [-0.05, 0) is 24.3 Å². The predicted molar refractivity (Wildman–Crippen MR) is 76.4 cm³/mol. The zero-order valence-corrected chi connectivity index (χ0v) is 12.3. The SMILES string of the molecule is O=C(CSc1nnc(-c2ccco2)o1)c1ccc(Cl)s1. The molecule has 3 heterocycles. The Kier molecular flexibility index (Phi) is 3.90. The topological polar surface area (TPSA) is 69.1 Å². The highest BCUT2D eigenvalue weighted by atomic mass is 35.5. The molecule has 3 aromatic heterocycles. The third-order valence-corrected chi connectivity index (χ3v) is 4.40. The molecule has 0 aromatic carbocycles. The number of hydrogen-bond donors (Lipinski definition) is 0. The van der Waals surface area contributed by atoms with Gasteiger partial charge in [0.1, 0.15) is 0 Å². The van der Waals surface area contributed by atoms with E-state index in [0.29, 0.717) is 26.1 Å². The van der Waals surface area contributed by atoms with Crippen molar-refractivity contribution in [2.75, 3.05) is 5.75 Å². The second-order valence-corrected chi connectivity index (χ2v) is 6.31. The van der Waals surface area contributed by atoms with Crippen LogP contribution in [0.2, 0.25) is 4.34 Å². The number of carbonyl (C=O) groups is 1. The van der Waals surface area contributed by atoms with Gasteiger partial charge < -0.3 is 8.83 Å². The van der Waals surface area contributed by atoms with Crippen molar-refractivity contribution in [3.05, 3.63) is 39.7 Å². The molecule has 0 unspecified atom stereocenters. The molecule has 0 aliphatic carbocycles. The number of carbonyl (C=O) groups excluding carboxylic acids is 1. The first kappa shape index (κ1) is 13.4. The van der Waals surface area contributed by atoms with Crippen LogP contribution < -0.4 is 0 Å². The number of halogens is 1. The quantitative estimate of drug-likeness (QED) is 0.521. The van der Waals surface area contributed by atoms with E-state index in [9.17, 15) is 4.79 Å². The molecular formula is C12H7ClN2O3S2. The normalized spacial score (nSPS) is 10.8. The van der Waals surface area contributed by atoms with Crippen molar-refractivity contribution in [1.29, 1.82) is 0 Å². The van der Waals surface area contributed by atoms with Gasteiger partial charge in [-0.15, -0.1) is 21.5 Å². The maximum absolute atomic E-state index is 11.9. The lowest BCUT2D eigenvalue weighted by Gasteiger charge is -1.93. The Hall–Kier alpha value is -1.57. The molecule has 0 aliphatic rings. The fourth-order valence-corrected chi connectivity index (χ4v) is 3.15. The highest BCUT2D eigenvalue weighted by Gasteiger charge is 2.14. The number of rotatable bonds is 5. The Bertz CT molecular complexity index is 721. The minimum Gasteiger partial charge on any atom is -0.459 e. The van der Waals surface area contributed by atoms with E-state index < -0.39 is 0 Å². The highest BCUT2D eigenvalue weighted by molar-refractivity contribution is 7.99. The fourth-order valence-electron chi connectivity index (χ4n) is 1.43. The summed E-state index contributed by atoms with van der Waals surface area (Å²) in [4.78, 5) is 12.5. The minimum atomic E-state index is -0.0235. The van der Waals surface area contributed by atoms with Crippen LogP contribution in [0.3, 0.4) is 0 Å². The van der Waals surface area contributed by atoms with E-state index in [2.05, 4.69) is 10.2 Å². The number of thiophene rings is 1. The van der Waals surface area contributed by atoms with Crippen molar-refractivity contribution in [3.63, 3.8) is 0 Å². The van der Waals surface area contributed by atoms with Gasteiger partial charge in [-0.3, -0.25) is 4.79 Å². The van der Waals surface area contributed by atoms with Gasteiger partial charge in [0.05, 0.1) is 21.2 Å². The Labute approximate surface area is 127 Å². The number of aromatic nitrogens is 2. The van der Waals surface area contributed by atoms with E-state index in [0.717, 1.165) is 0 Å². The average molecular weight is 327 g/mol. The lowest BCUT2D eigenvalue weighted by Crippen LogP contribution is -1.98. The van der Waals surface area contributed by atoms with Crippen molar-refractivity contribution in [1.82, 2.24) is 10.2 Å². The van der Waals surface area contributed by atoms with Crippen molar-refractivity contribution in [3.8, 4) is 11.7 Å². The zero-order chi connectivity index (χ0) is 13.9. The van der Waals surface area contributed by atoms with Crippen molar-refractivity contribution in [2.24, 2.45) is 0 Å². The van der Waals surface area contributed by atoms with Gasteiger partial charge in [0.25, 0.3) is 11.1 Å². The first-order chi connectivity index (χ1) is 9.72. The summed E-state index contributed by atoms with van der Waals surface area (Å²) in [7, 11) is 0. The molecule has 0 N–H and O–H groups in total. The summed E-state index contributed by atoms with van der Waals surface area (Å²) in [5.74, 6) is 0.992. The molecule has 5 nitrogen and oxygen atoms in total. The average Bonchev–Trinajstić information content (AvgIpc) is 3.16. The summed E-state index contributed by atoms with van der Waals surface area (Å²) < 4.78 is 11.1. The molecule has 0 bridgehead atoms. The molecule has 3 rings (SSSR count). The monoisotopic (exact) mass is 326 g/mol. The van der Waals surface area contributed by atoms with Gasteiger partial charge in [0.15, 0.2) is 11.5 Å². The van der Waals surface area contributed by atoms with E-state index >= 15 is 0 Å². The van der Waals surface area contributed by atoms with Crippen molar-refractivity contribution < 1.29 is 13.6 Å². The number of hydrogen-bond acceptors (Lipinski definition) is 7. The number of thioether (sulfide) groups is 1. The van der Waals surface area contributed by atoms with Crippen LogP contribution in [-0.4, -0.2) is 21.7 Å². The first-order valence-electron chi connectivity index (χ1n) is 5.51. The maximum atomic E-state index is 11.9. The molecule has 0 saturated heterocycles. The summed E-state index contributed by atoms with van der Waals surface area (Å²) in [5.41, 5.74) is 0. The van der Waals surface area contributed by atoms with Crippen LogP contribution >= 0.6 is 34.7 Å². The molecule has 0 amide bonds. The first-order valence-corrected chi connectivity index (χ1v) is 7.69. The van der Waals surface area contributed by atoms with Crippen LogP contribution in [0.25, 0.3) is 11.7 Å². The van der Waals surface area contributed by atoms with Crippen LogP contribution in [0.5, 0.6) is 0 Å². The van der Waals surface area contributed by atoms with Crippen molar-refractivity contribution >= 4 is 40.5 Å². The summed E-state index contributed by atoms with van der Waals surface area (Å²) in [5, 5.41) is 8.03. The van der Waals surface area contributed by atoms with Gasteiger partial charge in [-0.1, -0.05) is 23.4 Å². The fraction of sp³-hybridized carbons (Fsp3) is 0.0833. The van der Waals surface area contributed by atoms with Crippen LogP contribution in [0.15, 0.2) is 44.6 Å². The molecule has 8 heteroatoms. The molecule has 3 aromatic rings. The summed E-state index contributed by atoms with van der Waals surface area (Å²) in [6.45, 7) is 0. The lowest BCUT2D eigenvalue weighted by atomic mass is 10.4. The number of furan rings is 1. The molecule has 0 aliphatic heterocycles. The number of nitrogens with zero attached hydrogens (tertiary/aromatic N) is 2. The van der Waals surface area contributed by atoms with E-state index in [1.54, 1.807) is 24.3 Å². The van der Waals surface area contributed by atoms with Gasteiger partial charge in [0.2, 0.25) is 0 Å².